The van der Waals surface area contributed by atoms with Gasteiger partial charge in [-0.3, -0.25) is 0 Å². The summed E-state index contributed by atoms with van der Waals surface area (Å²) in [6, 6.07) is 16.7. The highest BCUT2D eigenvalue weighted by Crippen LogP contribution is 2.42. The van der Waals surface area contributed by atoms with E-state index < -0.39 is 12.7 Å². The second kappa shape index (κ2) is 7.90. The van der Waals surface area contributed by atoms with Crippen molar-refractivity contribution in [3.63, 3.8) is 0 Å². The minimum Gasteiger partial charge on any atom is -0.455 e. The van der Waals surface area contributed by atoms with Gasteiger partial charge < -0.3 is 4.42 Å². The fraction of sp³-hybridized carbons (Fsp3) is 0.200. The lowest BCUT2D eigenvalue weighted by Crippen LogP contribution is -2.36. The molecule has 5 aromatic rings. The summed E-state index contributed by atoms with van der Waals surface area (Å²) in [5, 5.41) is 1.54. The summed E-state index contributed by atoms with van der Waals surface area (Å²) in [6.07, 6.45) is 0. The van der Waals surface area contributed by atoms with Crippen molar-refractivity contribution in [1.29, 1.82) is 0 Å². The van der Waals surface area contributed by atoms with Gasteiger partial charge in [0.1, 0.15) is 18.2 Å². The van der Waals surface area contributed by atoms with Gasteiger partial charge in [-0.05, 0) is 42.1 Å². The fourth-order valence-electron chi connectivity index (χ4n) is 4.44. The molecule has 5 rings (SSSR count). The summed E-state index contributed by atoms with van der Waals surface area (Å²) in [4.78, 5) is 3.68. The van der Waals surface area contributed by atoms with E-state index >= 15 is 0 Å². The van der Waals surface area contributed by atoms with E-state index in [1.165, 1.54) is 6.92 Å². The molecule has 2 aromatic heterocycles. The molecule has 0 bridgehead atoms. The third kappa shape index (κ3) is 3.31. The molecule has 0 radical (unpaired) electrons. The third-order valence-electron chi connectivity index (χ3n) is 6.27. The Morgan fingerprint density at radius 1 is 1.06 bits per heavy atom. The van der Waals surface area contributed by atoms with Crippen LogP contribution in [0.15, 0.2) is 71.1 Å². The first-order valence-electron chi connectivity index (χ1n) is 13.7. The second-order valence-corrected chi connectivity index (χ2v) is 8.33. The molecule has 0 N–H and O–H groups in total. The first-order valence-corrected chi connectivity index (χ1v) is 10.7. The monoisotopic (exact) mass is 437 g/mol. The quantitative estimate of drug-likeness (QED) is 0.207. The molecule has 0 spiro atoms. The van der Waals surface area contributed by atoms with Gasteiger partial charge in [0.15, 0.2) is 11.4 Å². The van der Waals surface area contributed by atoms with Gasteiger partial charge in [-0.2, -0.15) is 4.57 Å². The van der Waals surface area contributed by atoms with E-state index in [0.29, 0.717) is 33.8 Å². The van der Waals surface area contributed by atoms with Crippen LogP contribution in [0.3, 0.4) is 0 Å². The maximum absolute atomic E-state index is 8.99. The van der Waals surface area contributed by atoms with Crippen LogP contribution in [0, 0.1) is 20.4 Å². The predicted molar refractivity (Wildman–Crippen MR) is 136 cm³/mol. The Morgan fingerprint density at radius 3 is 2.58 bits per heavy atom. The van der Waals surface area contributed by atoms with Crippen LogP contribution in [-0.2, 0) is 7.05 Å². The zero-order valence-corrected chi connectivity index (χ0v) is 19.0. The Balaban J connectivity index is 1.90. The van der Waals surface area contributed by atoms with Gasteiger partial charge >= 0.3 is 0 Å². The van der Waals surface area contributed by atoms with E-state index in [1.54, 1.807) is 30.7 Å². The normalized spacial score (nSPS) is 16.2. The van der Waals surface area contributed by atoms with Crippen molar-refractivity contribution >= 4 is 27.6 Å². The molecule has 0 saturated carbocycles. The standard InChI is InChI=1S/C30H27N2O/c1-18(2)23-14-15-27(32(6)20(23)4)28-19(3)12-13-24-26-17-22(31-5)16-25(29(26)33-30(24)28)21-10-8-7-9-11-21/h7-18H,1-4,6H3/q+1/i1D3,14D,15D,18D. The maximum Gasteiger partial charge on any atom is 0.216 e. The average Bonchev–Trinajstić information content (AvgIpc) is 3.26. The second-order valence-electron chi connectivity index (χ2n) is 8.33. The Labute approximate surface area is 203 Å². The fourth-order valence-corrected chi connectivity index (χ4v) is 4.44. The van der Waals surface area contributed by atoms with Gasteiger partial charge in [0.25, 0.3) is 0 Å². The van der Waals surface area contributed by atoms with Gasteiger partial charge in [0.05, 0.1) is 14.9 Å². The summed E-state index contributed by atoms with van der Waals surface area (Å²) in [6.45, 7) is 9.82. The number of nitrogens with zero attached hydrogens (tertiary/aromatic N) is 2. The molecule has 0 amide bonds. The van der Waals surface area contributed by atoms with Crippen LogP contribution in [0.5, 0.6) is 0 Å². The predicted octanol–water partition coefficient (Wildman–Crippen LogP) is 8.04. The Hall–Kier alpha value is -3.90. The van der Waals surface area contributed by atoms with Crippen LogP contribution >= 0.6 is 0 Å². The lowest BCUT2D eigenvalue weighted by atomic mass is 9.96. The number of fused-ring (bicyclic) bond motifs is 3. The number of benzene rings is 3. The lowest BCUT2D eigenvalue weighted by Gasteiger charge is -2.11. The number of rotatable bonds is 3. The Bertz CT molecular complexity index is 1800. The molecule has 3 aromatic carbocycles. The molecule has 162 valence electrons. The lowest BCUT2D eigenvalue weighted by molar-refractivity contribution is -0.667. The number of hydrogen-bond acceptors (Lipinski definition) is 1. The molecule has 3 heteroatoms. The van der Waals surface area contributed by atoms with Gasteiger partial charge in [-0.15, -0.1) is 0 Å². The van der Waals surface area contributed by atoms with E-state index in [-0.39, 0.29) is 17.6 Å². The van der Waals surface area contributed by atoms with Crippen LogP contribution in [0.1, 0.15) is 44.7 Å². The van der Waals surface area contributed by atoms with Crippen molar-refractivity contribution in [3.8, 4) is 22.4 Å². The topological polar surface area (TPSA) is 21.4 Å². The van der Waals surface area contributed by atoms with Gasteiger partial charge in [0, 0.05) is 40.3 Å². The SMILES string of the molecule is [2H]c1c([2H])c(-c2c(C)ccc3c2oc2c(-c4ccccc4)cc([N+]#[C-])cc23)[n+](C)c(C)c1C([2H])(C)C([2H])([2H])[2H]. The van der Waals surface area contributed by atoms with Gasteiger partial charge in [-0.25, -0.2) is 4.85 Å². The molecule has 0 saturated heterocycles. The molecule has 1 unspecified atom stereocenters. The third-order valence-corrected chi connectivity index (χ3v) is 6.27. The van der Waals surface area contributed by atoms with Crippen molar-refractivity contribution in [3.05, 3.63) is 94.9 Å². The Morgan fingerprint density at radius 2 is 1.85 bits per heavy atom. The van der Waals surface area contributed by atoms with Crippen LogP contribution in [0.2, 0.25) is 0 Å². The first-order chi connectivity index (χ1) is 18.3. The minimum atomic E-state index is -2.68. The van der Waals surface area contributed by atoms with E-state index in [1.807, 2.05) is 49.4 Å². The summed E-state index contributed by atoms with van der Waals surface area (Å²) >= 11 is 0. The largest absolute Gasteiger partial charge is 0.455 e. The van der Waals surface area contributed by atoms with E-state index in [2.05, 4.69) is 4.85 Å². The number of pyridine rings is 1. The summed E-state index contributed by atoms with van der Waals surface area (Å²) in [5.74, 6) is -2.07. The van der Waals surface area contributed by atoms with Gasteiger partial charge in [-0.1, -0.05) is 56.2 Å². The molecule has 1 atom stereocenters. The summed E-state index contributed by atoms with van der Waals surface area (Å²) < 4.78 is 58.4. The smallest absolute Gasteiger partial charge is 0.216 e. The number of furan rings is 1. The maximum atomic E-state index is 8.99. The average molecular weight is 438 g/mol. The molecule has 0 fully saturated rings. The van der Waals surface area contributed by atoms with Crippen LogP contribution < -0.4 is 4.57 Å². The number of hydrogen-bond donors (Lipinski definition) is 0. The minimum absolute atomic E-state index is 0.00115. The molecule has 0 aliphatic carbocycles. The molecule has 33 heavy (non-hydrogen) atoms. The molecular formula is C30H27N2O+. The molecule has 3 nitrogen and oxygen atoms in total. The zero-order chi connectivity index (χ0) is 28.4. The Kier molecular flexibility index (Phi) is 3.60. The van der Waals surface area contributed by atoms with Crippen LogP contribution in [0.25, 0.3) is 49.2 Å². The van der Waals surface area contributed by atoms with Crippen molar-refractivity contribution < 1.29 is 17.2 Å². The first kappa shape index (κ1) is 15.0. The van der Waals surface area contributed by atoms with E-state index in [4.69, 9.17) is 19.2 Å². The molecule has 0 aliphatic rings. The highest BCUT2D eigenvalue weighted by atomic mass is 16.3. The molecule has 0 aliphatic heterocycles. The zero-order valence-electron chi connectivity index (χ0n) is 25.0. The van der Waals surface area contributed by atoms with Crippen LogP contribution in [-0.4, -0.2) is 0 Å². The highest BCUT2D eigenvalue weighted by molar-refractivity contribution is 6.14. The number of aryl methyl sites for hydroxylation is 1. The summed E-state index contributed by atoms with van der Waals surface area (Å²) in [7, 11) is 1.72. The number of aromatic nitrogens is 1. The van der Waals surface area contributed by atoms with Crippen molar-refractivity contribution in [2.45, 2.75) is 33.5 Å². The van der Waals surface area contributed by atoms with E-state index in [0.717, 1.165) is 27.5 Å². The van der Waals surface area contributed by atoms with Crippen molar-refractivity contribution in [2.75, 3.05) is 0 Å². The van der Waals surface area contributed by atoms with Crippen molar-refractivity contribution in [1.82, 2.24) is 0 Å². The van der Waals surface area contributed by atoms with E-state index in [9.17, 15) is 0 Å². The molecule has 2 heterocycles. The molecular weight excluding hydrogens is 404 g/mol. The van der Waals surface area contributed by atoms with Crippen molar-refractivity contribution in [2.24, 2.45) is 7.05 Å². The summed E-state index contributed by atoms with van der Waals surface area (Å²) in [5.41, 5.74) is 5.55. The highest BCUT2D eigenvalue weighted by Gasteiger charge is 2.24. The van der Waals surface area contributed by atoms with Crippen LogP contribution in [0.4, 0.5) is 5.69 Å². The van der Waals surface area contributed by atoms with Gasteiger partial charge in [0.2, 0.25) is 5.69 Å².